The summed E-state index contributed by atoms with van der Waals surface area (Å²) >= 11 is 0. The van der Waals surface area contributed by atoms with E-state index < -0.39 is 5.95 Å². The van der Waals surface area contributed by atoms with E-state index in [0.717, 1.165) is 35.2 Å². The zero-order valence-corrected chi connectivity index (χ0v) is 15.3. The highest BCUT2D eigenvalue weighted by Crippen LogP contribution is 2.44. The van der Waals surface area contributed by atoms with Crippen molar-refractivity contribution in [2.45, 2.75) is 31.3 Å². The highest BCUT2D eigenvalue weighted by Gasteiger charge is 2.43. The van der Waals surface area contributed by atoms with Gasteiger partial charge in [0.25, 0.3) is 0 Å². The first-order valence-electron chi connectivity index (χ1n) is 9.59. The lowest BCUT2D eigenvalue weighted by Crippen LogP contribution is -2.44. The first-order valence-corrected chi connectivity index (χ1v) is 9.59. The molecule has 3 heterocycles. The maximum Gasteiger partial charge on any atom is 0.322 e. The molecule has 1 N–H and O–H groups in total. The van der Waals surface area contributed by atoms with E-state index >= 15 is 0 Å². The zero-order chi connectivity index (χ0) is 19.1. The van der Waals surface area contributed by atoms with Gasteiger partial charge in [-0.3, -0.25) is 0 Å². The largest absolute Gasteiger partial charge is 0.322 e. The van der Waals surface area contributed by atoms with Crippen molar-refractivity contribution in [1.82, 2.24) is 9.88 Å². The molecule has 0 saturated carbocycles. The van der Waals surface area contributed by atoms with E-state index in [1.54, 1.807) is 0 Å². The van der Waals surface area contributed by atoms with Gasteiger partial charge in [-0.25, -0.2) is 9.78 Å². The Bertz CT molecular complexity index is 1020. The molecule has 1 saturated heterocycles. The van der Waals surface area contributed by atoms with E-state index in [0.29, 0.717) is 12.0 Å². The Kier molecular flexibility index (Phi) is 4.08. The monoisotopic (exact) mass is 373 g/mol. The van der Waals surface area contributed by atoms with Crippen LogP contribution in [0.1, 0.15) is 30.0 Å². The molecule has 2 atom stereocenters. The zero-order valence-electron chi connectivity index (χ0n) is 15.3. The van der Waals surface area contributed by atoms with Crippen LogP contribution in [0.4, 0.5) is 14.9 Å². The molecule has 2 aliphatic heterocycles. The lowest BCUT2D eigenvalue weighted by Gasteiger charge is -2.36. The number of hydrogen-bond donors (Lipinski definition) is 1. The van der Waals surface area contributed by atoms with Gasteiger partial charge in [0.05, 0.1) is 6.04 Å². The molecule has 1 aromatic heterocycles. The molecular formula is C23H20FN3O. The van der Waals surface area contributed by atoms with Crippen molar-refractivity contribution in [2.24, 2.45) is 0 Å². The van der Waals surface area contributed by atoms with Gasteiger partial charge in [-0.15, -0.1) is 0 Å². The summed E-state index contributed by atoms with van der Waals surface area (Å²) in [5.41, 5.74) is 4.58. The Labute approximate surface area is 163 Å². The predicted octanol–water partition coefficient (Wildman–Crippen LogP) is 5.18. The number of urea groups is 1. The summed E-state index contributed by atoms with van der Waals surface area (Å²) in [7, 11) is 0. The van der Waals surface area contributed by atoms with Crippen molar-refractivity contribution in [3.8, 4) is 11.1 Å². The number of nitrogens with zero attached hydrogens (tertiary/aromatic N) is 2. The average Bonchev–Trinajstić information content (AvgIpc) is 3.05. The topological polar surface area (TPSA) is 45.2 Å². The summed E-state index contributed by atoms with van der Waals surface area (Å²) < 4.78 is 14.1. The summed E-state index contributed by atoms with van der Waals surface area (Å²) in [6.07, 6.45) is 3.78. The van der Waals surface area contributed by atoms with Crippen LogP contribution >= 0.6 is 0 Å². The summed E-state index contributed by atoms with van der Waals surface area (Å²) in [5.74, 6) is -0.397. The van der Waals surface area contributed by atoms with Crippen LogP contribution in [0.2, 0.25) is 0 Å². The third-order valence-corrected chi connectivity index (χ3v) is 5.82. The molecule has 1 fully saturated rings. The molecule has 5 heteroatoms. The van der Waals surface area contributed by atoms with E-state index in [9.17, 15) is 9.18 Å². The van der Waals surface area contributed by atoms with Crippen LogP contribution < -0.4 is 5.32 Å². The number of aromatic nitrogens is 1. The number of fused-ring (bicyclic) bond motifs is 4. The molecule has 2 amide bonds. The molecule has 2 bridgehead atoms. The van der Waals surface area contributed by atoms with Crippen molar-refractivity contribution in [3.63, 3.8) is 0 Å². The summed E-state index contributed by atoms with van der Waals surface area (Å²) in [5, 5.41) is 3.01. The summed E-state index contributed by atoms with van der Waals surface area (Å²) in [6, 6.07) is 19.7. The number of carbonyl (C=O) groups excluding carboxylic acids is 1. The molecule has 0 unspecified atom stereocenters. The predicted molar refractivity (Wildman–Crippen MR) is 106 cm³/mol. The van der Waals surface area contributed by atoms with Gasteiger partial charge in [0, 0.05) is 23.5 Å². The van der Waals surface area contributed by atoms with Crippen molar-refractivity contribution in [2.75, 3.05) is 5.32 Å². The molecule has 0 radical (unpaired) electrons. The molecule has 28 heavy (non-hydrogen) atoms. The number of amides is 2. The van der Waals surface area contributed by atoms with Crippen molar-refractivity contribution in [3.05, 3.63) is 83.9 Å². The Balaban J connectivity index is 1.35. The third-order valence-electron chi connectivity index (χ3n) is 5.82. The Hall–Kier alpha value is -3.21. The minimum absolute atomic E-state index is 0.0276. The Morgan fingerprint density at radius 1 is 1.00 bits per heavy atom. The van der Waals surface area contributed by atoms with Crippen LogP contribution in [0.3, 0.4) is 0 Å². The van der Waals surface area contributed by atoms with Gasteiger partial charge in [-0.05, 0) is 54.2 Å². The van der Waals surface area contributed by atoms with Crippen LogP contribution in [-0.4, -0.2) is 22.0 Å². The van der Waals surface area contributed by atoms with Gasteiger partial charge in [0.1, 0.15) is 0 Å². The van der Waals surface area contributed by atoms with E-state index in [4.69, 9.17) is 0 Å². The fourth-order valence-electron chi connectivity index (χ4n) is 4.49. The first kappa shape index (κ1) is 16.9. The second-order valence-corrected chi connectivity index (χ2v) is 7.40. The lowest BCUT2D eigenvalue weighted by molar-refractivity contribution is 0.178. The normalized spacial score (nSPS) is 20.0. The van der Waals surface area contributed by atoms with Crippen LogP contribution in [0, 0.1) is 5.95 Å². The van der Waals surface area contributed by atoms with Crippen LogP contribution in [0.15, 0.2) is 66.9 Å². The number of nitrogens with one attached hydrogen (secondary N) is 1. The van der Waals surface area contributed by atoms with Gasteiger partial charge in [0.2, 0.25) is 5.95 Å². The molecule has 2 aromatic carbocycles. The Morgan fingerprint density at radius 3 is 2.54 bits per heavy atom. The second-order valence-electron chi connectivity index (χ2n) is 7.40. The fourth-order valence-corrected chi connectivity index (χ4v) is 4.49. The molecule has 2 aliphatic rings. The number of hydrogen-bond acceptors (Lipinski definition) is 2. The van der Waals surface area contributed by atoms with Crippen LogP contribution in [0.5, 0.6) is 0 Å². The number of pyridine rings is 1. The highest BCUT2D eigenvalue weighted by molar-refractivity contribution is 5.90. The molecule has 4 nitrogen and oxygen atoms in total. The molecular weight excluding hydrogens is 353 g/mol. The highest BCUT2D eigenvalue weighted by atomic mass is 19.1. The van der Waals surface area contributed by atoms with Gasteiger partial charge in [-0.1, -0.05) is 42.5 Å². The van der Waals surface area contributed by atoms with E-state index in [1.165, 1.54) is 6.20 Å². The number of anilines is 1. The second kappa shape index (κ2) is 6.75. The van der Waals surface area contributed by atoms with Crippen molar-refractivity contribution in [1.29, 1.82) is 0 Å². The third kappa shape index (κ3) is 2.83. The summed E-state index contributed by atoms with van der Waals surface area (Å²) in [4.78, 5) is 18.6. The van der Waals surface area contributed by atoms with Gasteiger partial charge in [0.15, 0.2) is 0 Å². The van der Waals surface area contributed by atoms with Gasteiger partial charge in [-0.2, -0.15) is 4.39 Å². The smallest absolute Gasteiger partial charge is 0.314 e. The number of benzene rings is 2. The number of rotatable bonds is 2. The van der Waals surface area contributed by atoms with Gasteiger partial charge >= 0.3 is 6.03 Å². The number of carbonyl (C=O) groups is 1. The van der Waals surface area contributed by atoms with Crippen LogP contribution in [0.25, 0.3) is 11.1 Å². The molecule has 140 valence electrons. The lowest BCUT2D eigenvalue weighted by atomic mass is 9.95. The first-order chi connectivity index (χ1) is 13.7. The maximum absolute atomic E-state index is 14.1. The molecule has 0 spiro atoms. The SMILES string of the molecule is O=C(Nc1ccc(-c2ccccc2)cc1)N1[C@@H]2CC[C@H]1c1ccnc(F)c1C2. The summed E-state index contributed by atoms with van der Waals surface area (Å²) in [6.45, 7) is 0. The average molecular weight is 373 g/mol. The minimum Gasteiger partial charge on any atom is -0.314 e. The molecule has 3 aromatic rings. The number of halogens is 1. The van der Waals surface area contributed by atoms with Crippen molar-refractivity contribution < 1.29 is 9.18 Å². The van der Waals surface area contributed by atoms with Gasteiger partial charge < -0.3 is 10.2 Å². The van der Waals surface area contributed by atoms with Crippen LogP contribution in [-0.2, 0) is 6.42 Å². The van der Waals surface area contributed by atoms with E-state index in [1.807, 2.05) is 53.4 Å². The Morgan fingerprint density at radius 2 is 1.75 bits per heavy atom. The fraction of sp³-hybridized carbons (Fsp3) is 0.217. The standard InChI is InChI=1S/C23H20FN3O/c24-22-20-14-18-10-11-21(19(20)12-13-25-22)27(18)23(28)26-17-8-6-16(7-9-17)15-4-2-1-3-5-15/h1-9,12-13,18,21H,10-11,14H2,(H,26,28)/t18-,21+/m1/s1. The molecule has 5 rings (SSSR count). The van der Waals surface area contributed by atoms with E-state index in [2.05, 4.69) is 22.4 Å². The molecule has 0 aliphatic carbocycles. The maximum atomic E-state index is 14.1. The minimum atomic E-state index is -0.397. The quantitative estimate of drug-likeness (QED) is 0.629. The van der Waals surface area contributed by atoms with Crippen molar-refractivity contribution >= 4 is 11.7 Å². The van der Waals surface area contributed by atoms with E-state index in [-0.39, 0.29) is 18.1 Å².